The Morgan fingerprint density at radius 3 is 2.12 bits per heavy atom. The molecule has 0 saturated carbocycles. The third-order valence-corrected chi connectivity index (χ3v) is 5.01. The van der Waals surface area contributed by atoms with Gasteiger partial charge in [0.1, 0.15) is 0 Å². The molecule has 2 amide bonds. The van der Waals surface area contributed by atoms with E-state index in [1.807, 2.05) is 0 Å². The fourth-order valence-corrected chi connectivity index (χ4v) is 3.41. The number of hydrogen-bond donors (Lipinski definition) is 0. The molecule has 0 radical (unpaired) electrons. The highest BCUT2D eigenvalue weighted by Crippen LogP contribution is 2.30. The van der Waals surface area contributed by atoms with Crippen LogP contribution in [-0.4, -0.2) is 35.6 Å². The van der Waals surface area contributed by atoms with Crippen molar-refractivity contribution in [1.29, 1.82) is 0 Å². The number of nitro groups is 1. The van der Waals surface area contributed by atoms with Gasteiger partial charge in [-0.15, -0.1) is 0 Å². The minimum Gasteiger partial charge on any atom is -0.465 e. The average molecular weight is 430 g/mol. The van der Waals surface area contributed by atoms with Crippen LogP contribution in [0.3, 0.4) is 0 Å². The molecule has 1 heterocycles. The van der Waals surface area contributed by atoms with Gasteiger partial charge in [0, 0.05) is 23.3 Å². The molecule has 1 aliphatic heterocycles. The van der Waals surface area contributed by atoms with Gasteiger partial charge in [0.05, 0.1) is 34.4 Å². The number of benzene rings is 3. The van der Waals surface area contributed by atoms with Crippen molar-refractivity contribution >= 4 is 34.9 Å². The molecular weight excluding hydrogens is 416 g/mol. The number of methoxy groups -OCH3 is 1. The maximum atomic E-state index is 13.0. The van der Waals surface area contributed by atoms with Crippen molar-refractivity contribution in [3.05, 3.63) is 105 Å². The van der Waals surface area contributed by atoms with Gasteiger partial charge in [0.2, 0.25) is 0 Å². The highest BCUT2D eigenvalue weighted by atomic mass is 16.6. The fraction of sp³-hybridized carbons (Fsp3) is 0.0435. The number of hydrogen-bond acceptors (Lipinski definition) is 7. The number of anilines is 1. The summed E-state index contributed by atoms with van der Waals surface area (Å²) in [5.41, 5.74) is 0.670. The minimum atomic E-state index is -0.621. The van der Waals surface area contributed by atoms with Crippen LogP contribution in [0, 0.1) is 10.1 Å². The molecule has 0 saturated heterocycles. The zero-order valence-corrected chi connectivity index (χ0v) is 16.6. The van der Waals surface area contributed by atoms with Crippen LogP contribution in [0.2, 0.25) is 0 Å². The largest absolute Gasteiger partial charge is 0.465 e. The van der Waals surface area contributed by atoms with Gasteiger partial charge in [-0.25, -0.2) is 9.69 Å². The number of rotatable bonds is 5. The number of non-ortho nitro benzene ring substituents is 1. The third-order valence-electron chi connectivity index (χ3n) is 5.01. The number of esters is 1. The molecule has 3 aromatic carbocycles. The first-order chi connectivity index (χ1) is 15.3. The van der Waals surface area contributed by atoms with Crippen LogP contribution >= 0.6 is 0 Å². The lowest BCUT2D eigenvalue weighted by molar-refractivity contribution is -0.384. The lowest BCUT2D eigenvalue weighted by atomic mass is 9.99. The van der Waals surface area contributed by atoms with Crippen molar-refractivity contribution in [3.63, 3.8) is 0 Å². The Labute approximate surface area is 181 Å². The summed E-state index contributed by atoms with van der Waals surface area (Å²) in [6, 6.07) is 15.1. The summed E-state index contributed by atoms with van der Waals surface area (Å²) >= 11 is 0. The molecule has 9 nitrogen and oxygen atoms in total. The van der Waals surface area contributed by atoms with Crippen LogP contribution in [0.4, 0.5) is 11.4 Å². The number of amides is 2. The molecule has 4 rings (SSSR count). The first kappa shape index (κ1) is 20.6. The SMILES string of the molecule is COC(=O)c1ccc(N2C(=O)c3ccc(C(=O)c4cccc([N+](=O)[O-])c4)cc3C2=O)cc1. The van der Waals surface area contributed by atoms with Crippen molar-refractivity contribution in [1.82, 2.24) is 0 Å². The number of nitrogens with zero attached hydrogens (tertiary/aromatic N) is 2. The van der Waals surface area contributed by atoms with Gasteiger partial charge < -0.3 is 4.74 Å². The Hall–Kier alpha value is -4.66. The summed E-state index contributed by atoms with van der Waals surface area (Å²) in [6.07, 6.45) is 0. The maximum absolute atomic E-state index is 13.0. The molecule has 0 aromatic heterocycles. The number of carbonyl (C=O) groups is 4. The molecule has 158 valence electrons. The average Bonchev–Trinajstić information content (AvgIpc) is 3.07. The van der Waals surface area contributed by atoms with Gasteiger partial charge in [-0.05, 0) is 36.4 Å². The van der Waals surface area contributed by atoms with E-state index in [0.717, 1.165) is 11.0 Å². The van der Waals surface area contributed by atoms with Crippen molar-refractivity contribution in [2.24, 2.45) is 0 Å². The Kier molecular flexibility index (Phi) is 5.07. The Morgan fingerprint density at radius 1 is 0.844 bits per heavy atom. The predicted octanol–water partition coefficient (Wildman–Crippen LogP) is 3.41. The number of nitro benzene ring substituents is 1. The predicted molar refractivity (Wildman–Crippen MR) is 112 cm³/mol. The van der Waals surface area contributed by atoms with Crippen molar-refractivity contribution in [2.45, 2.75) is 0 Å². The monoisotopic (exact) mass is 430 g/mol. The van der Waals surface area contributed by atoms with E-state index in [2.05, 4.69) is 4.74 Å². The van der Waals surface area contributed by atoms with E-state index in [1.165, 1.54) is 67.8 Å². The summed E-state index contributed by atoms with van der Waals surface area (Å²) in [4.78, 5) is 61.5. The van der Waals surface area contributed by atoms with Crippen LogP contribution in [0.25, 0.3) is 0 Å². The quantitative estimate of drug-likeness (QED) is 0.200. The van der Waals surface area contributed by atoms with E-state index >= 15 is 0 Å². The molecule has 9 heteroatoms. The highest BCUT2D eigenvalue weighted by Gasteiger charge is 2.37. The van der Waals surface area contributed by atoms with Gasteiger partial charge in [-0.2, -0.15) is 0 Å². The first-order valence-electron chi connectivity index (χ1n) is 9.32. The molecule has 0 atom stereocenters. The summed E-state index contributed by atoms with van der Waals surface area (Å²) < 4.78 is 4.63. The molecule has 0 spiro atoms. The van der Waals surface area contributed by atoms with Crippen LogP contribution in [0.5, 0.6) is 0 Å². The number of ketones is 1. The van der Waals surface area contributed by atoms with Gasteiger partial charge in [-0.1, -0.05) is 18.2 Å². The second-order valence-corrected chi connectivity index (χ2v) is 6.88. The number of imide groups is 1. The van der Waals surface area contributed by atoms with Crippen molar-refractivity contribution in [3.8, 4) is 0 Å². The summed E-state index contributed by atoms with van der Waals surface area (Å²) in [6.45, 7) is 0. The van der Waals surface area contributed by atoms with E-state index in [9.17, 15) is 29.3 Å². The zero-order chi connectivity index (χ0) is 23.0. The molecule has 0 N–H and O–H groups in total. The van der Waals surface area contributed by atoms with Gasteiger partial charge in [-0.3, -0.25) is 24.5 Å². The number of fused-ring (bicyclic) bond motifs is 1. The normalized spacial score (nSPS) is 12.5. The highest BCUT2D eigenvalue weighted by molar-refractivity contribution is 6.35. The zero-order valence-electron chi connectivity index (χ0n) is 16.6. The second kappa shape index (κ2) is 7.88. The molecular formula is C23H14N2O7. The number of ether oxygens (including phenoxy) is 1. The molecule has 0 fully saturated rings. The second-order valence-electron chi connectivity index (χ2n) is 6.88. The van der Waals surface area contributed by atoms with E-state index in [1.54, 1.807) is 0 Å². The third kappa shape index (κ3) is 3.41. The molecule has 0 bridgehead atoms. The van der Waals surface area contributed by atoms with Gasteiger partial charge in [0.25, 0.3) is 17.5 Å². The first-order valence-corrected chi connectivity index (χ1v) is 9.32. The smallest absolute Gasteiger partial charge is 0.337 e. The molecule has 1 aliphatic rings. The summed E-state index contributed by atoms with van der Waals surface area (Å²) in [5, 5.41) is 11.0. The van der Waals surface area contributed by atoms with Crippen LogP contribution in [0.1, 0.15) is 47.0 Å². The lowest BCUT2D eigenvalue weighted by Gasteiger charge is -2.14. The number of carbonyl (C=O) groups excluding carboxylic acids is 4. The minimum absolute atomic E-state index is 0.0447. The molecule has 3 aromatic rings. The summed E-state index contributed by atoms with van der Waals surface area (Å²) in [5.74, 6) is -2.25. The van der Waals surface area contributed by atoms with Gasteiger partial charge in [0.15, 0.2) is 5.78 Å². The molecule has 32 heavy (non-hydrogen) atoms. The van der Waals surface area contributed by atoms with Crippen LogP contribution in [0.15, 0.2) is 66.7 Å². The summed E-state index contributed by atoms with van der Waals surface area (Å²) in [7, 11) is 1.24. The Bertz CT molecular complexity index is 1310. The van der Waals surface area contributed by atoms with Crippen LogP contribution in [-0.2, 0) is 4.74 Å². The maximum Gasteiger partial charge on any atom is 0.337 e. The Balaban J connectivity index is 1.66. The standard InChI is InChI=1S/C23H14N2O7/c1-32-23(29)13-5-8-16(9-6-13)24-21(27)18-10-7-15(12-19(18)22(24)28)20(26)14-3-2-4-17(11-14)25(30)31/h2-12H,1H3. The van der Waals surface area contributed by atoms with E-state index in [0.29, 0.717) is 0 Å². The topological polar surface area (TPSA) is 124 Å². The lowest BCUT2D eigenvalue weighted by Crippen LogP contribution is -2.29. The van der Waals surface area contributed by atoms with E-state index in [-0.39, 0.29) is 39.2 Å². The molecule has 0 aliphatic carbocycles. The van der Waals surface area contributed by atoms with E-state index in [4.69, 9.17) is 0 Å². The fourth-order valence-electron chi connectivity index (χ4n) is 3.41. The van der Waals surface area contributed by atoms with Crippen LogP contribution < -0.4 is 4.90 Å². The Morgan fingerprint density at radius 2 is 1.47 bits per heavy atom. The molecule has 0 unspecified atom stereocenters. The van der Waals surface area contributed by atoms with E-state index < -0.39 is 28.5 Å². The van der Waals surface area contributed by atoms with Gasteiger partial charge >= 0.3 is 5.97 Å². The van der Waals surface area contributed by atoms with Crippen molar-refractivity contribution < 1.29 is 28.8 Å². The van der Waals surface area contributed by atoms with Crippen molar-refractivity contribution in [2.75, 3.05) is 12.0 Å².